The maximum Gasteiger partial charge on any atom is 0.251 e. The molecule has 1 heterocycles. The number of ether oxygens (including phenoxy) is 1. The zero-order valence-corrected chi connectivity index (χ0v) is 10.9. The third-order valence-corrected chi connectivity index (χ3v) is 2.97. The number of aliphatic hydroxyl groups is 1. The van der Waals surface area contributed by atoms with Gasteiger partial charge in [-0.25, -0.2) is 9.55 Å². The van der Waals surface area contributed by atoms with Gasteiger partial charge in [0.2, 0.25) is 0 Å². The second kappa shape index (κ2) is 5.89. The summed E-state index contributed by atoms with van der Waals surface area (Å²) in [5.74, 6) is 1.58. The van der Waals surface area contributed by atoms with E-state index in [4.69, 9.17) is 16.3 Å². The number of imidazole rings is 1. The predicted molar refractivity (Wildman–Crippen MR) is 68.7 cm³/mol. The highest BCUT2D eigenvalue weighted by molar-refractivity contribution is 6.32. The Morgan fingerprint density at radius 2 is 2.22 bits per heavy atom. The number of hydrogen-bond donors (Lipinski definition) is 2. The summed E-state index contributed by atoms with van der Waals surface area (Å²) in [5.41, 5.74) is 0. The topological polar surface area (TPSA) is 49.1 Å². The summed E-state index contributed by atoms with van der Waals surface area (Å²) in [5, 5.41) is 10.4. The number of aromatic nitrogens is 2. The van der Waals surface area contributed by atoms with Crippen LogP contribution in [-0.4, -0.2) is 22.8 Å². The average molecular weight is 268 g/mol. The zero-order chi connectivity index (χ0) is 13.0. The molecule has 0 saturated heterocycles. The molecule has 0 radical (unpaired) electrons. The van der Waals surface area contributed by atoms with Crippen molar-refractivity contribution in [3.05, 3.63) is 47.5 Å². The lowest BCUT2D eigenvalue weighted by molar-refractivity contribution is -0.708. The fourth-order valence-corrected chi connectivity index (χ4v) is 1.86. The predicted octanol–water partition coefficient (Wildman–Crippen LogP) is 1.70. The van der Waals surface area contributed by atoms with Gasteiger partial charge in [0.05, 0.1) is 5.02 Å². The van der Waals surface area contributed by atoms with E-state index in [0.29, 0.717) is 17.3 Å². The smallest absolute Gasteiger partial charge is 0.251 e. The minimum Gasteiger partial charge on any atom is -0.489 e. The number of halogens is 1. The minimum absolute atomic E-state index is 0.210. The van der Waals surface area contributed by atoms with E-state index in [2.05, 4.69) is 4.98 Å². The van der Waals surface area contributed by atoms with Crippen LogP contribution in [0.3, 0.4) is 0 Å². The molecule has 1 aromatic carbocycles. The molecule has 0 aliphatic heterocycles. The Labute approximate surface area is 111 Å². The van der Waals surface area contributed by atoms with E-state index in [1.807, 2.05) is 36.0 Å². The van der Waals surface area contributed by atoms with Gasteiger partial charge in [-0.05, 0) is 12.1 Å². The van der Waals surface area contributed by atoms with E-state index in [9.17, 15) is 5.11 Å². The van der Waals surface area contributed by atoms with Crippen molar-refractivity contribution in [3.63, 3.8) is 0 Å². The van der Waals surface area contributed by atoms with Crippen molar-refractivity contribution < 1.29 is 14.4 Å². The molecular weight excluding hydrogens is 252 g/mol. The number of hydrogen-bond acceptors (Lipinski definition) is 2. The molecule has 1 aromatic heterocycles. The Morgan fingerprint density at radius 1 is 1.44 bits per heavy atom. The van der Waals surface area contributed by atoms with E-state index < -0.39 is 6.10 Å². The molecule has 2 aromatic rings. The number of H-pyrrole nitrogens is 1. The molecule has 4 nitrogen and oxygen atoms in total. The van der Waals surface area contributed by atoms with Gasteiger partial charge in [0, 0.05) is 6.92 Å². The molecule has 2 rings (SSSR count). The van der Waals surface area contributed by atoms with Crippen LogP contribution in [0.1, 0.15) is 5.82 Å². The lowest BCUT2D eigenvalue weighted by Gasteiger charge is -2.11. The SMILES string of the molecule is Cc1[nH]cc[n+]1CC(O)COc1ccccc1Cl. The molecule has 1 unspecified atom stereocenters. The number of aliphatic hydroxyl groups excluding tert-OH is 1. The molecule has 0 bridgehead atoms. The first-order valence-corrected chi connectivity index (χ1v) is 6.13. The van der Waals surface area contributed by atoms with Crippen LogP contribution in [0.15, 0.2) is 36.7 Å². The van der Waals surface area contributed by atoms with Crippen LogP contribution >= 0.6 is 11.6 Å². The highest BCUT2D eigenvalue weighted by Gasteiger charge is 2.13. The summed E-state index contributed by atoms with van der Waals surface area (Å²) in [4.78, 5) is 3.05. The molecule has 0 aliphatic rings. The van der Waals surface area contributed by atoms with Crippen LogP contribution in [0, 0.1) is 6.92 Å². The van der Waals surface area contributed by atoms with Gasteiger partial charge in [0.25, 0.3) is 5.82 Å². The monoisotopic (exact) mass is 267 g/mol. The number of aromatic amines is 1. The molecule has 1 atom stereocenters. The third kappa shape index (κ3) is 3.24. The molecule has 0 aliphatic carbocycles. The largest absolute Gasteiger partial charge is 0.489 e. The maximum atomic E-state index is 9.89. The number of nitrogens with zero attached hydrogens (tertiary/aromatic N) is 1. The summed E-state index contributed by atoms with van der Waals surface area (Å²) in [6.07, 6.45) is 3.13. The fraction of sp³-hybridized carbons (Fsp3) is 0.308. The number of benzene rings is 1. The van der Waals surface area contributed by atoms with Crippen molar-refractivity contribution in [1.82, 2.24) is 4.98 Å². The van der Waals surface area contributed by atoms with Crippen molar-refractivity contribution in [2.75, 3.05) is 6.61 Å². The van der Waals surface area contributed by atoms with Crippen molar-refractivity contribution >= 4 is 11.6 Å². The second-order valence-corrected chi connectivity index (χ2v) is 4.50. The Morgan fingerprint density at radius 3 is 2.89 bits per heavy atom. The summed E-state index contributed by atoms with van der Waals surface area (Å²) < 4.78 is 7.41. The molecule has 0 amide bonds. The van der Waals surface area contributed by atoms with Gasteiger partial charge in [-0.1, -0.05) is 23.7 Å². The zero-order valence-electron chi connectivity index (χ0n) is 10.1. The molecule has 0 spiro atoms. The first-order valence-electron chi connectivity index (χ1n) is 5.75. The normalized spacial score (nSPS) is 12.4. The summed E-state index contributed by atoms with van der Waals surface area (Å²) in [6, 6.07) is 7.22. The van der Waals surface area contributed by atoms with Crippen LogP contribution in [-0.2, 0) is 6.54 Å². The van der Waals surface area contributed by atoms with Crippen molar-refractivity contribution in [3.8, 4) is 5.75 Å². The number of aryl methyl sites for hydroxylation is 1. The molecule has 18 heavy (non-hydrogen) atoms. The van der Waals surface area contributed by atoms with Gasteiger partial charge < -0.3 is 9.84 Å². The van der Waals surface area contributed by atoms with E-state index in [-0.39, 0.29) is 6.61 Å². The fourth-order valence-electron chi connectivity index (χ4n) is 1.67. The Bertz CT molecular complexity index is 513. The van der Waals surface area contributed by atoms with Gasteiger partial charge in [0.1, 0.15) is 37.4 Å². The van der Waals surface area contributed by atoms with E-state index in [1.54, 1.807) is 12.1 Å². The van der Waals surface area contributed by atoms with E-state index in [0.717, 1.165) is 5.82 Å². The van der Waals surface area contributed by atoms with Gasteiger partial charge in [-0.3, -0.25) is 0 Å². The number of para-hydroxylation sites is 1. The quantitative estimate of drug-likeness (QED) is 0.810. The molecule has 0 fully saturated rings. The van der Waals surface area contributed by atoms with Crippen molar-refractivity contribution in [1.29, 1.82) is 0 Å². The Balaban J connectivity index is 1.87. The highest BCUT2D eigenvalue weighted by atomic mass is 35.5. The van der Waals surface area contributed by atoms with Gasteiger partial charge in [-0.15, -0.1) is 0 Å². The summed E-state index contributed by atoms with van der Waals surface area (Å²) >= 11 is 5.96. The van der Waals surface area contributed by atoms with E-state index in [1.165, 1.54) is 0 Å². The van der Waals surface area contributed by atoms with Gasteiger partial charge in [-0.2, -0.15) is 0 Å². The molecule has 96 valence electrons. The Hall–Kier alpha value is -1.52. The maximum absolute atomic E-state index is 9.89. The van der Waals surface area contributed by atoms with Crippen LogP contribution in [0.4, 0.5) is 0 Å². The molecule has 2 N–H and O–H groups in total. The number of rotatable bonds is 5. The molecular formula is C13H16ClN2O2+. The highest BCUT2D eigenvalue weighted by Crippen LogP contribution is 2.23. The minimum atomic E-state index is -0.583. The lowest BCUT2D eigenvalue weighted by Crippen LogP contribution is -2.42. The lowest BCUT2D eigenvalue weighted by atomic mass is 10.3. The third-order valence-electron chi connectivity index (χ3n) is 2.65. The number of nitrogens with one attached hydrogen (secondary N) is 1. The van der Waals surface area contributed by atoms with Crippen LogP contribution in [0.2, 0.25) is 5.02 Å². The average Bonchev–Trinajstić information content (AvgIpc) is 2.74. The standard InChI is InChI=1S/C13H15ClN2O2/c1-10-15-6-7-16(10)8-11(17)9-18-13-5-3-2-4-12(13)14/h2-7,11,17H,8-9H2,1H3/p+1. The summed E-state index contributed by atoms with van der Waals surface area (Å²) in [7, 11) is 0. The summed E-state index contributed by atoms with van der Waals surface area (Å²) in [6.45, 7) is 2.64. The van der Waals surface area contributed by atoms with Crippen molar-refractivity contribution in [2.24, 2.45) is 0 Å². The second-order valence-electron chi connectivity index (χ2n) is 4.09. The van der Waals surface area contributed by atoms with Gasteiger partial charge >= 0.3 is 0 Å². The van der Waals surface area contributed by atoms with Crippen LogP contribution in [0.5, 0.6) is 5.75 Å². The van der Waals surface area contributed by atoms with Crippen LogP contribution in [0.25, 0.3) is 0 Å². The van der Waals surface area contributed by atoms with Crippen molar-refractivity contribution in [2.45, 2.75) is 19.6 Å². The van der Waals surface area contributed by atoms with E-state index >= 15 is 0 Å². The van der Waals surface area contributed by atoms with Crippen LogP contribution < -0.4 is 9.30 Å². The first kappa shape index (κ1) is 12.9. The van der Waals surface area contributed by atoms with Gasteiger partial charge in [0.15, 0.2) is 0 Å². The molecule has 5 heteroatoms. The first-order chi connectivity index (χ1) is 8.66. The molecule has 0 saturated carbocycles. The Kier molecular flexibility index (Phi) is 4.23.